The molecule has 0 unspecified atom stereocenters. The van der Waals surface area contributed by atoms with Crippen LogP contribution in [0.4, 0.5) is 4.39 Å². The van der Waals surface area contributed by atoms with Crippen LogP contribution in [0.5, 0.6) is 0 Å². The highest BCUT2D eigenvalue weighted by Gasteiger charge is 2.09. The van der Waals surface area contributed by atoms with E-state index >= 15 is 0 Å². The van der Waals surface area contributed by atoms with Gasteiger partial charge in [0.05, 0.1) is 6.20 Å². The number of aromatic carboxylic acids is 1. The maximum Gasteiger partial charge on any atom is 0.353 e. The number of carboxylic acids is 1. The van der Waals surface area contributed by atoms with Crippen molar-refractivity contribution in [2.75, 3.05) is 0 Å². The fourth-order valence-corrected chi connectivity index (χ4v) is 1.38. The molecule has 1 aromatic carbocycles. The first-order chi connectivity index (χ1) is 7.66. The van der Waals surface area contributed by atoms with Gasteiger partial charge in [0.15, 0.2) is 0 Å². The Morgan fingerprint density at radius 1 is 1.44 bits per heavy atom. The fourth-order valence-electron chi connectivity index (χ4n) is 1.38. The van der Waals surface area contributed by atoms with Crippen molar-refractivity contribution >= 4 is 5.97 Å². The maximum absolute atomic E-state index is 13.3. The van der Waals surface area contributed by atoms with Crippen LogP contribution in [-0.2, 0) is 6.42 Å². The summed E-state index contributed by atoms with van der Waals surface area (Å²) in [5.74, 6) is -0.967. The third kappa shape index (κ3) is 2.08. The molecule has 0 atom stereocenters. The van der Waals surface area contributed by atoms with Gasteiger partial charge in [0.2, 0.25) is 0 Å². The molecule has 0 spiro atoms. The first-order valence-electron chi connectivity index (χ1n) is 4.67. The average Bonchev–Trinajstić information content (AvgIpc) is 2.70. The second-order valence-electron chi connectivity index (χ2n) is 3.32. The van der Waals surface area contributed by atoms with Gasteiger partial charge in [-0.1, -0.05) is 18.2 Å². The predicted octanol–water partition coefficient (Wildman–Crippen LogP) is 1.84. The number of imidazole rings is 1. The molecule has 82 valence electrons. The van der Waals surface area contributed by atoms with E-state index in [1.807, 2.05) is 0 Å². The predicted molar refractivity (Wildman–Crippen MR) is 54.8 cm³/mol. The zero-order valence-corrected chi connectivity index (χ0v) is 8.27. The third-order valence-corrected chi connectivity index (χ3v) is 2.17. The number of H-pyrrole nitrogens is 1. The topological polar surface area (TPSA) is 66.0 Å². The number of aromatic nitrogens is 2. The summed E-state index contributed by atoms with van der Waals surface area (Å²) in [6.45, 7) is 0. The monoisotopic (exact) mass is 220 g/mol. The zero-order chi connectivity index (χ0) is 11.5. The Labute approximate surface area is 90.8 Å². The molecular formula is C11H9FN2O2. The van der Waals surface area contributed by atoms with E-state index in [0.717, 1.165) is 0 Å². The van der Waals surface area contributed by atoms with Crippen LogP contribution in [-0.4, -0.2) is 21.0 Å². The molecule has 2 aromatic rings. The summed E-state index contributed by atoms with van der Waals surface area (Å²) < 4.78 is 13.3. The van der Waals surface area contributed by atoms with Gasteiger partial charge in [-0.15, -0.1) is 0 Å². The number of halogens is 1. The van der Waals surface area contributed by atoms with E-state index in [4.69, 9.17) is 5.11 Å². The molecule has 5 heteroatoms. The van der Waals surface area contributed by atoms with E-state index in [1.54, 1.807) is 18.2 Å². The molecule has 0 radical (unpaired) electrons. The Kier molecular flexibility index (Phi) is 2.68. The summed E-state index contributed by atoms with van der Waals surface area (Å²) in [5.41, 5.74) is 0.486. The van der Waals surface area contributed by atoms with Gasteiger partial charge in [-0.05, 0) is 11.6 Å². The minimum Gasteiger partial charge on any atom is -0.477 e. The Morgan fingerprint density at radius 2 is 2.19 bits per heavy atom. The zero-order valence-electron chi connectivity index (χ0n) is 8.27. The Hall–Kier alpha value is -2.17. The Morgan fingerprint density at radius 3 is 2.81 bits per heavy atom. The van der Waals surface area contributed by atoms with Gasteiger partial charge < -0.3 is 10.1 Å². The van der Waals surface area contributed by atoms with Crippen molar-refractivity contribution in [2.45, 2.75) is 6.42 Å². The molecule has 4 nitrogen and oxygen atoms in total. The number of aromatic amines is 1. The van der Waals surface area contributed by atoms with Crippen molar-refractivity contribution < 1.29 is 14.3 Å². The van der Waals surface area contributed by atoms with Gasteiger partial charge in [0, 0.05) is 6.42 Å². The van der Waals surface area contributed by atoms with Gasteiger partial charge in [0.25, 0.3) is 0 Å². The lowest BCUT2D eigenvalue weighted by atomic mass is 10.1. The number of hydrogen-bond acceptors (Lipinski definition) is 2. The molecular weight excluding hydrogens is 211 g/mol. The van der Waals surface area contributed by atoms with Crippen molar-refractivity contribution in [1.29, 1.82) is 0 Å². The van der Waals surface area contributed by atoms with E-state index in [-0.39, 0.29) is 17.9 Å². The van der Waals surface area contributed by atoms with E-state index in [0.29, 0.717) is 11.4 Å². The highest BCUT2D eigenvalue weighted by atomic mass is 19.1. The van der Waals surface area contributed by atoms with Crippen LogP contribution in [0.1, 0.15) is 21.9 Å². The third-order valence-electron chi connectivity index (χ3n) is 2.17. The van der Waals surface area contributed by atoms with E-state index in [1.165, 1.54) is 12.3 Å². The molecule has 2 rings (SSSR count). The Balaban J connectivity index is 2.21. The number of benzene rings is 1. The van der Waals surface area contributed by atoms with E-state index < -0.39 is 5.97 Å². The summed E-state index contributed by atoms with van der Waals surface area (Å²) >= 11 is 0. The summed E-state index contributed by atoms with van der Waals surface area (Å²) in [4.78, 5) is 17.1. The molecule has 0 aliphatic carbocycles. The lowest BCUT2D eigenvalue weighted by molar-refractivity contribution is 0.0691. The van der Waals surface area contributed by atoms with Crippen molar-refractivity contribution in [3.8, 4) is 0 Å². The van der Waals surface area contributed by atoms with Gasteiger partial charge in [-0.25, -0.2) is 14.2 Å². The number of rotatable bonds is 3. The summed E-state index contributed by atoms with van der Waals surface area (Å²) in [6, 6.07) is 6.32. The van der Waals surface area contributed by atoms with Crippen LogP contribution >= 0.6 is 0 Å². The lowest BCUT2D eigenvalue weighted by Crippen LogP contribution is -1.98. The molecule has 2 N–H and O–H groups in total. The normalized spacial score (nSPS) is 10.3. The quantitative estimate of drug-likeness (QED) is 0.829. The highest BCUT2D eigenvalue weighted by Crippen LogP contribution is 2.10. The maximum atomic E-state index is 13.3. The number of carboxylic acid groups (broad SMARTS) is 1. The molecule has 0 saturated carbocycles. The number of carbonyl (C=O) groups is 1. The molecule has 0 saturated heterocycles. The summed E-state index contributed by atoms with van der Waals surface area (Å²) in [6.07, 6.45) is 1.47. The SMILES string of the molecule is O=C(O)c1cnc(Cc2ccccc2F)[nH]1. The first kappa shape index (κ1) is 10.4. The van der Waals surface area contributed by atoms with Crippen molar-refractivity contribution in [2.24, 2.45) is 0 Å². The minimum absolute atomic E-state index is 0.00587. The molecule has 0 amide bonds. The van der Waals surface area contributed by atoms with E-state index in [9.17, 15) is 9.18 Å². The molecule has 0 fully saturated rings. The van der Waals surface area contributed by atoms with Gasteiger partial charge in [-0.2, -0.15) is 0 Å². The number of nitrogens with zero attached hydrogens (tertiary/aromatic N) is 1. The van der Waals surface area contributed by atoms with Gasteiger partial charge >= 0.3 is 5.97 Å². The molecule has 0 bridgehead atoms. The van der Waals surface area contributed by atoms with Crippen molar-refractivity contribution in [3.63, 3.8) is 0 Å². The van der Waals surface area contributed by atoms with Crippen molar-refractivity contribution in [3.05, 3.63) is 53.4 Å². The first-order valence-corrected chi connectivity index (χ1v) is 4.67. The number of hydrogen-bond donors (Lipinski definition) is 2. The van der Waals surface area contributed by atoms with Crippen LogP contribution in [0.3, 0.4) is 0 Å². The van der Waals surface area contributed by atoms with Crippen molar-refractivity contribution in [1.82, 2.24) is 9.97 Å². The second kappa shape index (κ2) is 4.14. The van der Waals surface area contributed by atoms with Crippen LogP contribution in [0, 0.1) is 5.82 Å². The standard InChI is InChI=1S/C11H9FN2O2/c12-8-4-2-1-3-7(8)5-10-13-6-9(14-10)11(15)16/h1-4,6H,5H2,(H,13,14)(H,15,16). The van der Waals surface area contributed by atoms with Gasteiger partial charge in [0.1, 0.15) is 17.3 Å². The molecule has 1 aromatic heterocycles. The second-order valence-corrected chi connectivity index (χ2v) is 3.32. The number of nitrogens with one attached hydrogen (secondary N) is 1. The Bertz CT molecular complexity index is 522. The molecule has 0 aliphatic rings. The molecule has 0 aliphatic heterocycles. The fraction of sp³-hybridized carbons (Fsp3) is 0.0909. The lowest BCUT2D eigenvalue weighted by Gasteiger charge is -1.99. The van der Waals surface area contributed by atoms with Crippen LogP contribution < -0.4 is 0 Å². The van der Waals surface area contributed by atoms with Crippen LogP contribution in [0.2, 0.25) is 0 Å². The van der Waals surface area contributed by atoms with E-state index in [2.05, 4.69) is 9.97 Å². The average molecular weight is 220 g/mol. The largest absolute Gasteiger partial charge is 0.477 e. The van der Waals surface area contributed by atoms with Gasteiger partial charge in [-0.3, -0.25) is 0 Å². The summed E-state index contributed by atoms with van der Waals surface area (Å²) in [5, 5.41) is 8.67. The highest BCUT2D eigenvalue weighted by molar-refractivity contribution is 5.85. The molecule has 1 heterocycles. The molecule has 16 heavy (non-hydrogen) atoms. The van der Waals surface area contributed by atoms with Crippen LogP contribution in [0.25, 0.3) is 0 Å². The smallest absolute Gasteiger partial charge is 0.353 e. The minimum atomic E-state index is -1.08. The van der Waals surface area contributed by atoms with Crippen LogP contribution in [0.15, 0.2) is 30.5 Å². The summed E-state index contributed by atoms with van der Waals surface area (Å²) in [7, 11) is 0.